The van der Waals surface area contributed by atoms with Crippen molar-refractivity contribution in [1.29, 1.82) is 0 Å². The van der Waals surface area contributed by atoms with Crippen LogP contribution in [0.2, 0.25) is 0 Å². The summed E-state index contributed by atoms with van der Waals surface area (Å²) in [6.07, 6.45) is 1.80. The van der Waals surface area contributed by atoms with E-state index in [9.17, 15) is 0 Å². The Morgan fingerprint density at radius 2 is 1.21 bits per heavy atom. The maximum absolute atomic E-state index is 6.65. The molecule has 5 heteroatoms. The summed E-state index contributed by atoms with van der Waals surface area (Å²) in [6.45, 7) is 0. The van der Waals surface area contributed by atoms with Gasteiger partial charge in [0.1, 0.15) is 11.4 Å². The first-order valence-electron chi connectivity index (χ1n) is 17.4. The molecule has 0 radical (unpaired) electrons. The Morgan fingerprint density at radius 3 is 2.08 bits per heavy atom. The van der Waals surface area contributed by atoms with Crippen LogP contribution in [-0.4, -0.2) is 19.7 Å². The average molecular weight is 667 g/mol. The minimum atomic E-state index is 0.502. The maximum Gasteiger partial charge on any atom is 0.219 e. The van der Waals surface area contributed by atoms with E-state index in [4.69, 9.17) is 9.72 Å². The van der Waals surface area contributed by atoms with E-state index >= 15 is 0 Å². The molecule has 0 bridgehead atoms. The summed E-state index contributed by atoms with van der Waals surface area (Å²) in [5, 5.41) is 15.8. The molecule has 5 nitrogen and oxygen atoms in total. The Labute approximate surface area is 300 Å². The van der Waals surface area contributed by atoms with Gasteiger partial charge in [-0.25, -0.2) is 4.98 Å². The van der Waals surface area contributed by atoms with Crippen LogP contribution < -0.4 is 4.74 Å². The molecule has 0 spiro atoms. The van der Waals surface area contributed by atoms with Crippen LogP contribution in [0, 0.1) is 0 Å². The highest BCUT2D eigenvalue weighted by atomic mass is 16.5. The van der Waals surface area contributed by atoms with E-state index < -0.39 is 0 Å². The van der Waals surface area contributed by atoms with Crippen LogP contribution in [0.25, 0.3) is 82.7 Å². The lowest BCUT2D eigenvalue weighted by molar-refractivity contribution is 0.464. The molecule has 3 heterocycles. The fourth-order valence-electron chi connectivity index (χ4n) is 7.46. The molecule has 0 aliphatic rings. The summed E-state index contributed by atoms with van der Waals surface area (Å²) in [5.74, 6) is 1.17. The van der Waals surface area contributed by atoms with Crippen molar-refractivity contribution in [1.82, 2.24) is 19.7 Å². The van der Waals surface area contributed by atoms with E-state index in [1.807, 2.05) is 48.5 Å². The van der Waals surface area contributed by atoms with Crippen molar-refractivity contribution < 1.29 is 4.74 Å². The first kappa shape index (κ1) is 29.8. The fourth-order valence-corrected chi connectivity index (χ4v) is 7.46. The molecule has 52 heavy (non-hydrogen) atoms. The van der Waals surface area contributed by atoms with Crippen molar-refractivity contribution >= 4 is 43.4 Å². The molecule has 0 atom stereocenters. The number of benzene rings is 7. The van der Waals surface area contributed by atoms with Gasteiger partial charge in [-0.05, 0) is 64.4 Å². The third kappa shape index (κ3) is 5.07. The highest BCUT2D eigenvalue weighted by molar-refractivity contribution is 6.23. The first-order valence-corrected chi connectivity index (χ1v) is 17.4. The van der Waals surface area contributed by atoms with Crippen LogP contribution >= 0.6 is 0 Å². The van der Waals surface area contributed by atoms with Crippen molar-refractivity contribution in [2.45, 2.75) is 0 Å². The molecule has 0 aliphatic carbocycles. The van der Waals surface area contributed by atoms with Crippen LogP contribution in [0.15, 0.2) is 182 Å². The molecule has 3 aromatic heterocycles. The van der Waals surface area contributed by atoms with Gasteiger partial charge in [-0.3, -0.25) is 0 Å². The van der Waals surface area contributed by atoms with Crippen LogP contribution in [0.4, 0.5) is 0 Å². The average Bonchev–Trinajstić information content (AvgIpc) is 3.56. The normalized spacial score (nSPS) is 11.5. The number of rotatable bonds is 6. The van der Waals surface area contributed by atoms with Crippen molar-refractivity contribution in [3.05, 3.63) is 182 Å². The second kappa shape index (κ2) is 12.3. The molecular formula is C47H30N4O. The minimum Gasteiger partial charge on any atom is -0.439 e. The summed E-state index contributed by atoms with van der Waals surface area (Å²) in [7, 11) is 0. The van der Waals surface area contributed by atoms with Crippen LogP contribution in [0.3, 0.4) is 0 Å². The van der Waals surface area contributed by atoms with E-state index in [1.165, 1.54) is 21.5 Å². The van der Waals surface area contributed by atoms with Gasteiger partial charge in [0.05, 0.1) is 22.9 Å². The smallest absolute Gasteiger partial charge is 0.219 e. The summed E-state index contributed by atoms with van der Waals surface area (Å²) in [6, 6.07) is 60.8. The zero-order chi connectivity index (χ0) is 34.4. The minimum absolute atomic E-state index is 0.502. The number of aromatic nitrogens is 4. The molecule has 7 aromatic carbocycles. The molecule has 0 amide bonds. The van der Waals surface area contributed by atoms with E-state index in [2.05, 4.69) is 142 Å². The Hall–Kier alpha value is -7.11. The van der Waals surface area contributed by atoms with Gasteiger partial charge in [-0.15, -0.1) is 5.10 Å². The number of fused-ring (bicyclic) bond motifs is 6. The molecule has 0 N–H and O–H groups in total. The number of para-hydroxylation sites is 2. The first-order chi connectivity index (χ1) is 25.8. The van der Waals surface area contributed by atoms with E-state index in [0.29, 0.717) is 11.6 Å². The molecule has 0 saturated carbocycles. The number of nitrogens with zero attached hydrogens (tertiary/aromatic N) is 4. The van der Waals surface area contributed by atoms with Gasteiger partial charge >= 0.3 is 0 Å². The Kier molecular flexibility index (Phi) is 7.07. The molecule has 0 saturated heterocycles. The Balaban J connectivity index is 1.14. The highest BCUT2D eigenvalue weighted by Crippen LogP contribution is 2.41. The second-order valence-electron chi connectivity index (χ2n) is 12.9. The summed E-state index contributed by atoms with van der Waals surface area (Å²) in [4.78, 5) is 5.15. The van der Waals surface area contributed by atoms with Crippen LogP contribution in [-0.2, 0) is 0 Å². The lowest BCUT2D eigenvalue weighted by Gasteiger charge is -2.13. The third-order valence-electron chi connectivity index (χ3n) is 9.77. The monoisotopic (exact) mass is 666 g/mol. The van der Waals surface area contributed by atoms with Crippen molar-refractivity contribution in [2.75, 3.05) is 0 Å². The van der Waals surface area contributed by atoms with E-state index in [1.54, 1.807) is 6.20 Å². The van der Waals surface area contributed by atoms with Gasteiger partial charge in [0.15, 0.2) is 0 Å². The standard InChI is InChI=1S/C47H30N4O/c1-3-13-31(14-4-1)34-27-35(46-39-20-10-8-16-33(39)30-48-50-46)29-37(28-34)52-44-24-12-23-42(49-44)40-21-11-22-41-45-38-19-9-7-15-32(38)25-26-43(45)51(47(40)41)36-17-5-2-6-18-36/h1-30H. The van der Waals surface area contributed by atoms with Gasteiger partial charge < -0.3 is 9.30 Å². The number of ether oxygens (including phenoxy) is 1. The predicted molar refractivity (Wildman–Crippen MR) is 212 cm³/mol. The molecule has 0 fully saturated rings. The molecule has 0 aliphatic heterocycles. The number of hydrogen-bond donors (Lipinski definition) is 0. The number of pyridine rings is 1. The van der Waals surface area contributed by atoms with Gasteiger partial charge in [-0.1, -0.05) is 127 Å². The van der Waals surface area contributed by atoms with Crippen molar-refractivity contribution in [2.24, 2.45) is 0 Å². The Morgan fingerprint density at radius 1 is 0.500 bits per heavy atom. The fraction of sp³-hybridized carbons (Fsp3) is 0. The van der Waals surface area contributed by atoms with Crippen molar-refractivity contribution in [3.63, 3.8) is 0 Å². The zero-order valence-corrected chi connectivity index (χ0v) is 28.0. The topological polar surface area (TPSA) is 52.8 Å². The lowest BCUT2D eigenvalue weighted by Crippen LogP contribution is -1.97. The summed E-state index contributed by atoms with van der Waals surface area (Å²) < 4.78 is 9.02. The SMILES string of the molecule is c1ccc(-c2cc(Oc3cccc(-c4cccc5c6c7ccccc7ccc6n(-c6ccccc6)c45)n3)cc(-c3nncc4ccccc34)c2)cc1. The Bertz CT molecular complexity index is 2930. The summed E-state index contributed by atoms with van der Waals surface area (Å²) in [5.41, 5.74) is 9.02. The zero-order valence-electron chi connectivity index (χ0n) is 28.0. The highest BCUT2D eigenvalue weighted by Gasteiger charge is 2.19. The maximum atomic E-state index is 6.65. The molecule has 244 valence electrons. The van der Waals surface area contributed by atoms with E-state index in [0.717, 1.165) is 61.1 Å². The van der Waals surface area contributed by atoms with Crippen molar-refractivity contribution in [3.8, 4) is 51.0 Å². The lowest BCUT2D eigenvalue weighted by atomic mass is 9.99. The van der Waals surface area contributed by atoms with Gasteiger partial charge in [-0.2, -0.15) is 5.10 Å². The van der Waals surface area contributed by atoms with Gasteiger partial charge in [0.25, 0.3) is 0 Å². The molecule has 10 rings (SSSR count). The summed E-state index contributed by atoms with van der Waals surface area (Å²) >= 11 is 0. The molecular weight excluding hydrogens is 637 g/mol. The molecule has 10 aromatic rings. The third-order valence-corrected chi connectivity index (χ3v) is 9.77. The second-order valence-corrected chi connectivity index (χ2v) is 12.9. The predicted octanol–water partition coefficient (Wildman–Crippen LogP) is 12.1. The number of hydrogen-bond acceptors (Lipinski definition) is 4. The van der Waals surface area contributed by atoms with Gasteiger partial charge in [0, 0.05) is 44.4 Å². The quantitative estimate of drug-likeness (QED) is 0.177. The van der Waals surface area contributed by atoms with E-state index in [-0.39, 0.29) is 0 Å². The molecule has 0 unspecified atom stereocenters. The van der Waals surface area contributed by atoms with Crippen LogP contribution in [0.1, 0.15) is 0 Å². The largest absolute Gasteiger partial charge is 0.439 e. The van der Waals surface area contributed by atoms with Crippen LogP contribution in [0.5, 0.6) is 11.6 Å². The van der Waals surface area contributed by atoms with Gasteiger partial charge in [0.2, 0.25) is 5.88 Å².